The van der Waals surface area contributed by atoms with Crippen LogP contribution in [0.15, 0.2) is 29.3 Å². The van der Waals surface area contributed by atoms with Crippen LogP contribution in [0.4, 0.5) is 4.79 Å². The first kappa shape index (κ1) is 28.9. The third-order valence-electron chi connectivity index (χ3n) is 6.11. The number of ether oxygens (including phenoxy) is 1. The number of hydrogen-bond donors (Lipinski definition) is 0. The Labute approximate surface area is 221 Å². The topological polar surface area (TPSA) is 41.9 Å². The smallest absolute Gasteiger partial charge is 0.410 e. The molecule has 2 rings (SSSR count). The fourth-order valence-electron chi connectivity index (χ4n) is 4.36. The number of benzene rings is 1. The normalized spacial score (nSPS) is 17.3. The van der Waals surface area contributed by atoms with Gasteiger partial charge in [0.1, 0.15) is 5.60 Å². The van der Waals surface area contributed by atoms with Gasteiger partial charge in [-0.3, -0.25) is 4.99 Å². The fraction of sp³-hybridized carbons (Fsp3) is 0.655. The van der Waals surface area contributed by atoms with Crippen LogP contribution in [0.25, 0.3) is 5.57 Å². The first-order valence-corrected chi connectivity index (χ1v) is 14.0. The van der Waals surface area contributed by atoms with Crippen molar-refractivity contribution >= 4 is 40.0 Å². The molecule has 0 aliphatic carbocycles. The van der Waals surface area contributed by atoms with Crippen LogP contribution in [-0.2, 0) is 11.2 Å². The van der Waals surface area contributed by atoms with E-state index in [0.29, 0.717) is 17.8 Å². The molecule has 1 aromatic rings. The van der Waals surface area contributed by atoms with E-state index in [1.165, 1.54) is 26.0 Å². The first-order valence-electron chi connectivity index (χ1n) is 12.9. The van der Waals surface area contributed by atoms with Crippen molar-refractivity contribution in [2.75, 3.05) is 19.6 Å². The zero-order valence-electron chi connectivity index (χ0n) is 22.6. The van der Waals surface area contributed by atoms with Crippen molar-refractivity contribution in [3.63, 3.8) is 0 Å². The van der Waals surface area contributed by atoms with E-state index in [0.717, 1.165) is 45.3 Å². The van der Waals surface area contributed by atoms with E-state index in [-0.39, 0.29) is 6.09 Å². The third-order valence-corrected chi connectivity index (χ3v) is 7.00. The minimum absolute atomic E-state index is 0.199. The molecular formula is C29H45IN2O2. The molecule has 1 heterocycles. The van der Waals surface area contributed by atoms with E-state index in [2.05, 4.69) is 81.5 Å². The van der Waals surface area contributed by atoms with Crippen LogP contribution in [0.3, 0.4) is 0 Å². The molecule has 1 aromatic carbocycles. The molecule has 2 atom stereocenters. The van der Waals surface area contributed by atoms with Gasteiger partial charge < -0.3 is 9.64 Å². The molecule has 1 aliphatic heterocycles. The maximum absolute atomic E-state index is 12.7. The van der Waals surface area contributed by atoms with Gasteiger partial charge in [0.2, 0.25) is 0 Å². The van der Waals surface area contributed by atoms with Gasteiger partial charge in [0.05, 0.1) is 0 Å². The highest BCUT2D eigenvalue weighted by atomic mass is 127. The lowest BCUT2D eigenvalue weighted by atomic mass is 9.88. The Balaban J connectivity index is 2.15. The molecule has 0 N–H and O–H groups in total. The Kier molecular flexibility index (Phi) is 11.1. The number of carbonyl (C=O) groups is 1. The molecule has 0 radical (unpaired) electrons. The molecule has 0 saturated carbocycles. The molecule has 4 nitrogen and oxygen atoms in total. The third kappa shape index (κ3) is 9.01. The summed E-state index contributed by atoms with van der Waals surface area (Å²) < 4.78 is 6.96. The lowest BCUT2D eigenvalue weighted by Gasteiger charge is -2.30. The molecule has 0 fully saturated rings. The molecule has 0 spiro atoms. The Hall–Kier alpha value is -1.37. The highest BCUT2D eigenvalue weighted by molar-refractivity contribution is 14.1. The zero-order chi connectivity index (χ0) is 25.5. The summed E-state index contributed by atoms with van der Waals surface area (Å²) in [5, 5.41) is 0. The van der Waals surface area contributed by atoms with Crippen LogP contribution < -0.4 is 0 Å². The largest absolute Gasteiger partial charge is 0.444 e. The van der Waals surface area contributed by atoms with Gasteiger partial charge in [-0.1, -0.05) is 53.2 Å². The second-order valence-electron chi connectivity index (χ2n) is 11.1. The SMILES string of the molecule is CCCN(CC(CC)Cc1ccc(C2=CC(CC(C)C)=NCC2C)c(I)c1)C(=O)OC(C)(C)C. The average Bonchev–Trinajstić information content (AvgIpc) is 2.73. The van der Waals surface area contributed by atoms with Crippen molar-refractivity contribution in [1.29, 1.82) is 0 Å². The average molecular weight is 581 g/mol. The molecule has 2 unspecified atom stereocenters. The van der Waals surface area contributed by atoms with Crippen molar-refractivity contribution in [3.8, 4) is 0 Å². The van der Waals surface area contributed by atoms with Crippen molar-refractivity contribution in [1.82, 2.24) is 4.90 Å². The summed E-state index contributed by atoms with van der Waals surface area (Å²) in [6.07, 6.45) is 6.08. The molecule has 1 aliphatic rings. The molecule has 0 aromatic heterocycles. The summed E-state index contributed by atoms with van der Waals surface area (Å²) in [6, 6.07) is 6.90. The summed E-state index contributed by atoms with van der Waals surface area (Å²) >= 11 is 2.49. The van der Waals surface area contributed by atoms with Crippen LogP contribution in [0.2, 0.25) is 0 Å². The van der Waals surface area contributed by atoms with Gasteiger partial charge >= 0.3 is 6.09 Å². The molecular weight excluding hydrogens is 535 g/mol. The van der Waals surface area contributed by atoms with E-state index in [4.69, 9.17) is 9.73 Å². The highest BCUT2D eigenvalue weighted by Crippen LogP contribution is 2.32. The lowest BCUT2D eigenvalue weighted by molar-refractivity contribution is 0.0218. The Morgan fingerprint density at radius 1 is 1.24 bits per heavy atom. The highest BCUT2D eigenvalue weighted by Gasteiger charge is 2.24. The number of aliphatic imine (C=N–C) groups is 1. The summed E-state index contributed by atoms with van der Waals surface area (Å²) in [4.78, 5) is 19.4. The van der Waals surface area contributed by atoms with Crippen LogP contribution in [0, 0.1) is 21.3 Å². The standard InChI is InChI=1S/C29H45IN2O2/c1-9-13-32(28(33)34-29(6,7)8)19-22(10-2)15-23-11-12-25(27(30)16-23)26-17-24(14-20(3)4)31-18-21(26)5/h11-12,16-17,20-22H,9-10,13-15,18-19H2,1-8H3. The summed E-state index contributed by atoms with van der Waals surface area (Å²) in [7, 11) is 0. The number of halogens is 1. The molecule has 1 amide bonds. The maximum atomic E-state index is 12.7. The van der Waals surface area contributed by atoms with Gasteiger partial charge in [-0.05, 0) is 103 Å². The van der Waals surface area contributed by atoms with Gasteiger partial charge in [-0.2, -0.15) is 0 Å². The molecule has 34 heavy (non-hydrogen) atoms. The van der Waals surface area contributed by atoms with Crippen LogP contribution in [-0.4, -0.2) is 41.9 Å². The minimum Gasteiger partial charge on any atom is -0.444 e. The van der Waals surface area contributed by atoms with Crippen LogP contribution in [0.1, 0.15) is 85.8 Å². The molecule has 0 bridgehead atoms. The second-order valence-corrected chi connectivity index (χ2v) is 12.3. The van der Waals surface area contributed by atoms with Gasteiger partial charge in [-0.25, -0.2) is 4.79 Å². The Morgan fingerprint density at radius 2 is 1.94 bits per heavy atom. The second kappa shape index (κ2) is 13.1. The molecule has 0 saturated heterocycles. The predicted molar refractivity (Wildman–Crippen MR) is 154 cm³/mol. The number of nitrogens with zero attached hydrogens (tertiary/aromatic N) is 2. The van der Waals surface area contributed by atoms with Crippen molar-refractivity contribution in [2.45, 2.75) is 86.7 Å². The fourth-order valence-corrected chi connectivity index (χ4v) is 5.25. The van der Waals surface area contributed by atoms with Crippen molar-refractivity contribution in [2.24, 2.45) is 22.7 Å². The summed E-state index contributed by atoms with van der Waals surface area (Å²) in [6.45, 7) is 19.2. The number of dihydropyridines is 1. The van der Waals surface area contributed by atoms with Crippen molar-refractivity contribution in [3.05, 3.63) is 39.0 Å². The van der Waals surface area contributed by atoms with Gasteiger partial charge in [0, 0.05) is 34.8 Å². The number of rotatable bonds is 10. The lowest BCUT2D eigenvalue weighted by Crippen LogP contribution is -2.40. The van der Waals surface area contributed by atoms with E-state index < -0.39 is 5.60 Å². The zero-order valence-corrected chi connectivity index (χ0v) is 24.7. The molecule has 5 heteroatoms. The van der Waals surface area contributed by atoms with Crippen LogP contribution >= 0.6 is 22.6 Å². The van der Waals surface area contributed by atoms with E-state index in [1.54, 1.807) is 0 Å². The predicted octanol–water partition coefficient (Wildman–Crippen LogP) is 8.03. The number of allylic oxidation sites excluding steroid dienone is 1. The maximum Gasteiger partial charge on any atom is 0.410 e. The summed E-state index contributed by atoms with van der Waals surface area (Å²) in [5.41, 5.74) is 4.84. The van der Waals surface area contributed by atoms with Gasteiger partial charge in [-0.15, -0.1) is 0 Å². The van der Waals surface area contributed by atoms with E-state index in [1.807, 2.05) is 25.7 Å². The van der Waals surface area contributed by atoms with Crippen molar-refractivity contribution < 1.29 is 9.53 Å². The first-order chi connectivity index (χ1) is 15.9. The van der Waals surface area contributed by atoms with Crippen LogP contribution in [0.5, 0.6) is 0 Å². The quantitative estimate of drug-likeness (QED) is 0.263. The van der Waals surface area contributed by atoms with Gasteiger partial charge in [0.15, 0.2) is 0 Å². The minimum atomic E-state index is -0.471. The monoisotopic (exact) mass is 580 g/mol. The Morgan fingerprint density at radius 3 is 2.50 bits per heavy atom. The van der Waals surface area contributed by atoms with E-state index in [9.17, 15) is 4.79 Å². The number of amides is 1. The number of hydrogen-bond acceptors (Lipinski definition) is 3. The van der Waals surface area contributed by atoms with E-state index >= 15 is 0 Å². The Bertz CT molecular complexity index is 883. The number of carbonyl (C=O) groups excluding carboxylic acids is 1. The van der Waals surface area contributed by atoms with Gasteiger partial charge in [0.25, 0.3) is 0 Å². The molecule has 190 valence electrons. The summed E-state index contributed by atoms with van der Waals surface area (Å²) in [5.74, 6) is 1.46.